The minimum atomic E-state index is -0.421. The molecule has 0 aromatic heterocycles. The van der Waals surface area contributed by atoms with Gasteiger partial charge in [0.15, 0.2) is 0 Å². The lowest BCUT2D eigenvalue weighted by Gasteiger charge is -2.26. The summed E-state index contributed by atoms with van der Waals surface area (Å²) >= 11 is 3.41. The van der Waals surface area contributed by atoms with Crippen molar-refractivity contribution in [1.29, 1.82) is 0 Å². The molecule has 1 aromatic rings. The molecule has 2 rings (SSSR count). The van der Waals surface area contributed by atoms with Gasteiger partial charge in [0.25, 0.3) is 0 Å². The minimum Gasteiger partial charge on any atom is -0.387 e. The maximum atomic E-state index is 10.3. The van der Waals surface area contributed by atoms with Gasteiger partial charge < -0.3 is 14.7 Å². The molecule has 1 aliphatic rings. The van der Waals surface area contributed by atoms with E-state index in [0.29, 0.717) is 12.5 Å². The van der Waals surface area contributed by atoms with Gasteiger partial charge in [-0.2, -0.15) is 0 Å². The third-order valence-corrected chi connectivity index (χ3v) is 4.20. The van der Waals surface area contributed by atoms with Crippen molar-refractivity contribution in [3.63, 3.8) is 0 Å². The standard InChI is InChI=1S/C15H22BrNO2/c1-2-17(9-12-7-8-19-11-12)10-15(18)13-3-5-14(16)6-4-13/h3-6,12,15,18H,2,7-11H2,1H3/t12-,15+/m1/s1. The van der Waals surface area contributed by atoms with Gasteiger partial charge in [-0.05, 0) is 36.6 Å². The van der Waals surface area contributed by atoms with Crippen molar-refractivity contribution in [3.05, 3.63) is 34.3 Å². The Morgan fingerprint density at radius 2 is 2.16 bits per heavy atom. The minimum absolute atomic E-state index is 0.421. The van der Waals surface area contributed by atoms with Crippen LogP contribution in [0.25, 0.3) is 0 Å². The van der Waals surface area contributed by atoms with Crippen molar-refractivity contribution in [2.75, 3.05) is 32.8 Å². The Morgan fingerprint density at radius 3 is 2.74 bits per heavy atom. The topological polar surface area (TPSA) is 32.7 Å². The molecular weight excluding hydrogens is 306 g/mol. The average molecular weight is 328 g/mol. The number of aliphatic hydroxyl groups excluding tert-OH is 1. The molecule has 4 heteroatoms. The molecule has 1 saturated heterocycles. The van der Waals surface area contributed by atoms with Crippen LogP contribution in [0.3, 0.4) is 0 Å². The Kier molecular flexibility index (Phi) is 5.82. The molecule has 1 heterocycles. The third kappa shape index (κ3) is 4.56. The molecule has 0 radical (unpaired) electrons. The highest BCUT2D eigenvalue weighted by atomic mass is 79.9. The van der Waals surface area contributed by atoms with Crippen LogP contribution in [-0.4, -0.2) is 42.9 Å². The number of aliphatic hydroxyl groups is 1. The average Bonchev–Trinajstić information content (AvgIpc) is 2.91. The fraction of sp³-hybridized carbons (Fsp3) is 0.600. The van der Waals surface area contributed by atoms with E-state index in [4.69, 9.17) is 4.74 Å². The third-order valence-electron chi connectivity index (χ3n) is 3.67. The monoisotopic (exact) mass is 327 g/mol. The summed E-state index contributed by atoms with van der Waals surface area (Å²) in [6.45, 7) is 6.56. The number of hydrogen-bond donors (Lipinski definition) is 1. The molecular formula is C15H22BrNO2. The number of likely N-dealkylation sites (N-methyl/N-ethyl adjacent to an activating group) is 1. The number of benzene rings is 1. The molecule has 0 saturated carbocycles. The van der Waals surface area contributed by atoms with E-state index in [1.807, 2.05) is 24.3 Å². The highest BCUT2D eigenvalue weighted by Gasteiger charge is 2.20. The first kappa shape index (κ1) is 15.0. The van der Waals surface area contributed by atoms with Gasteiger partial charge in [-0.3, -0.25) is 0 Å². The molecule has 0 aliphatic carbocycles. The second kappa shape index (κ2) is 7.39. The Morgan fingerprint density at radius 1 is 1.42 bits per heavy atom. The maximum Gasteiger partial charge on any atom is 0.0916 e. The van der Waals surface area contributed by atoms with Crippen molar-refractivity contribution in [2.45, 2.75) is 19.4 Å². The number of nitrogens with zero attached hydrogens (tertiary/aromatic N) is 1. The van der Waals surface area contributed by atoms with E-state index >= 15 is 0 Å². The lowest BCUT2D eigenvalue weighted by molar-refractivity contribution is 0.102. The Balaban J connectivity index is 1.87. The second-order valence-electron chi connectivity index (χ2n) is 5.15. The smallest absolute Gasteiger partial charge is 0.0916 e. The van der Waals surface area contributed by atoms with Crippen LogP contribution in [0.15, 0.2) is 28.7 Å². The molecule has 1 aliphatic heterocycles. The molecule has 0 bridgehead atoms. The lowest BCUT2D eigenvalue weighted by Crippen LogP contribution is -2.33. The molecule has 0 amide bonds. The van der Waals surface area contributed by atoms with Crippen LogP contribution in [0, 0.1) is 5.92 Å². The molecule has 0 unspecified atom stereocenters. The molecule has 2 atom stereocenters. The Hall–Kier alpha value is -0.420. The van der Waals surface area contributed by atoms with E-state index in [1.165, 1.54) is 0 Å². The van der Waals surface area contributed by atoms with Crippen LogP contribution in [0.5, 0.6) is 0 Å². The van der Waals surface area contributed by atoms with Crippen molar-refractivity contribution in [2.24, 2.45) is 5.92 Å². The van der Waals surface area contributed by atoms with E-state index in [-0.39, 0.29) is 0 Å². The SMILES string of the molecule is CCN(C[C@H]1CCOC1)C[C@H](O)c1ccc(Br)cc1. The second-order valence-corrected chi connectivity index (χ2v) is 6.06. The Bertz CT molecular complexity index is 376. The van der Waals surface area contributed by atoms with Crippen LogP contribution in [0.1, 0.15) is 25.0 Å². The van der Waals surface area contributed by atoms with Crippen LogP contribution in [0.2, 0.25) is 0 Å². The zero-order chi connectivity index (χ0) is 13.7. The largest absolute Gasteiger partial charge is 0.387 e. The van der Waals surface area contributed by atoms with E-state index < -0.39 is 6.10 Å². The van der Waals surface area contributed by atoms with Crippen molar-refractivity contribution >= 4 is 15.9 Å². The van der Waals surface area contributed by atoms with Gasteiger partial charge in [0.2, 0.25) is 0 Å². The van der Waals surface area contributed by atoms with Gasteiger partial charge in [-0.25, -0.2) is 0 Å². The van der Waals surface area contributed by atoms with Crippen molar-refractivity contribution in [3.8, 4) is 0 Å². The van der Waals surface area contributed by atoms with Crippen LogP contribution in [-0.2, 0) is 4.74 Å². The van der Waals surface area contributed by atoms with E-state index in [1.54, 1.807) is 0 Å². The van der Waals surface area contributed by atoms with Gasteiger partial charge in [0, 0.05) is 24.2 Å². The van der Waals surface area contributed by atoms with E-state index in [0.717, 1.165) is 42.8 Å². The zero-order valence-corrected chi connectivity index (χ0v) is 13.0. The summed E-state index contributed by atoms with van der Waals surface area (Å²) in [6.07, 6.45) is 0.723. The number of ether oxygens (including phenoxy) is 1. The quantitative estimate of drug-likeness (QED) is 0.872. The van der Waals surface area contributed by atoms with Crippen LogP contribution >= 0.6 is 15.9 Å². The number of halogens is 1. The molecule has 1 aromatic carbocycles. The summed E-state index contributed by atoms with van der Waals surface area (Å²) in [5, 5.41) is 10.3. The summed E-state index contributed by atoms with van der Waals surface area (Å²) in [5.74, 6) is 0.622. The molecule has 3 nitrogen and oxygen atoms in total. The predicted molar refractivity (Wildman–Crippen MR) is 80.1 cm³/mol. The Labute approximate surface area is 123 Å². The van der Waals surface area contributed by atoms with Gasteiger partial charge in [-0.15, -0.1) is 0 Å². The molecule has 106 valence electrons. The van der Waals surface area contributed by atoms with Gasteiger partial charge in [0.05, 0.1) is 12.7 Å². The molecule has 1 N–H and O–H groups in total. The fourth-order valence-electron chi connectivity index (χ4n) is 2.46. The first-order chi connectivity index (χ1) is 9.19. The highest BCUT2D eigenvalue weighted by molar-refractivity contribution is 9.10. The van der Waals surface area contributed by atoms with Crippen molar-refractivity contribution in [1.82, 2.24) is 4.90 Å². The number of hydrogen-bond acceptors (Lipinski definition) is 3. The molecule has 0 spiro atoms. The summed E-state index contributed by atoms with van der Waals surface area (Å²) < 4.78 is 6.45. The predicted octanol–water partition coefficient (Wildman–Crippen LogP) is 2.84. The first-order valence-electron chi connectivity index (χ1n) is 6.92. The van der Waals surface area contributed by atoms with Crippen LogP contribution in [0.4, 0.5) is 0 Å². The van der Waals surface area contributed by atoms with Gasteiger partial charge >= 0.3 is 0 Å². The molecule has 19 heavy (non-hydrogen) atoms. The highest BCUT2D eigenvalue weighted by Crippen LogP contribution is 2.19. The summed E-state index contributed by atoms with van der Waals surface area (Å²) in [5.41, 5.74) is 0.976. The van der Waals surface area contributed by atoms with E-state index in [2.05, 4.69) is 27.8 Å². The lowest BCUT2D eigenvalue weighted by atomic mass is 10.1. The summed E-state index contributed by atoms with van der Waals surface area (Å²) in [6, 6.07) is 7.89. The summed E-state index contributed by atoms with van der Waals surface area (Å²) in [4.78, 5) is 2.31. The normalized spacial score (nSPS) is 20.9. The number of rotatable bonds is 6. The first-order valence-corrected chi connectivity index (χ1v) is 7.72. The fourth-order valence-corrected chi connectivity index (χ4v) is 2.72. The summed E-state index contributed by atoms with van der Waals surface area (Å²) in [7, 11) is 0. The van der Waals surface area contributed by atoms with Gasteiger partial charge in [0.1, 0.15) is 0 Å². The van der Waals surface area contributed by atoms with Gasteiger partial charge in [-0.1, -0.05) is 35.0 Å². The van der Waals surface area contributed by atoms with Crippen molar-refractivity contribution < 1.29 is 9.84 Å². The van der Waals surface area contributed by atoms with E-state index in [9.17, 15) is 5.11 Å². The zero-order valence-electron chi connectivity index (χ0n) is 11.4. The van der Waals surface area contributed by atoms with Crippen LogP contribution < -0.4 is 0 Å². The maximum absolute atomic E-state index is 10.3. The molecule has 1 fully saturated rings.